The van der Waals surface area contributed by atoms with Gasteiger partial charge in [0.15, 0.2) is 0 Å². The molecule has 2 saturated heterocycles. The first-order chi connectivity index (χ1) is 12.1. The van der Waals surface area contributed by atoms with Gasteiger partial charge in [0.25, 0.3) is 0 Å². The van der Waals surface area contributed by atoms with Crippen LogP contribution in [-0.2, 0) is 19.1 Å². The molecule has 1 aliphatic carbocycles. The molecule has 2 heterocycles. The molecule has 0 N–H and O–H groups in total. The number of rotatable bonds is 4. The third-order valence-corrected chi connectivity index (χ3v) is 5.95. The molecule has 6 heteroatoms. The minimum Gasteiger partial charge on any atom is -0.466 e. The van der Waals surface area contributed by atoms with Gasteiger partial charge in [-0.1, -0.05) is 12.8 Å². The highest BCUT2D eigenvalue weighted by Gasteiger charge is 2.40. The van der Waals surface area contributed by atoms with E-state index < -0.39 is 0 Å². The average molecular weight is 350 g/mol. The second-order valence-corrected chi connectivity index (χ2v) is 7.52. The summed E-state index contributed by atoms with van der Waals surface area (Å²) in [6.45, 7) is 4.10. The molecule has 2 amide bonds. The second-order valence-electron chi connectivity index (χ2n) is 7.52. The van der Waals surface area contributed by atoms with Crippen molar-refractivity contribution in [1.82, 2.24) is 9.80 Å². The Kier molecular flexibility index (Phi) is 5.97. The Morgan fingerprint density at radius 3 is 2.16 bits per heavy atom. The van der Waals surface area contributed by atoms with E-state index in [9.17, 15) is 14.4 Å². The monoisotopic (exact) mass is 350 g/mol. The van der Waals surface area contributed by atoms with Gasteiger partial charge in [0.05, 0.1) is 12.5 Å². The van der Waals surface area contributed by atoms with Crippen molar-refractivity contribution in [3.8, 4) is 0 Å². The molecule has 2 aliphatic heterocycles. The van der Waals surface area contributed by atoms with Gasteiger partial charge in [0.2, 0.25) is 11.8 Å². The van der Waals surface area contributed by atoms with Gasteiger partial charge >= 0.3 is 5.97 Å². The van der Waals surface area contributed by atoms with E-state index in [1.807, 2.05) is 16.7 Å². The van der Waals surface area contributed by atoms with Crippen molar-refractivity contribution in [3.05, 3.63) is 0 Å². The van der Waals surface area contributed by atoms with Crippen molar-refractivity contribution in [1.29, 1.82) is 0 Å². The number of piperidine rings is 1. The quantitative estimate of drug-likeness (QED) is 0.727. The lowest BCUT2D eigenvalue weighted by atomic mass is 9.96. The summed E-state index contributed by atoms with van der Waals surface area (Å²) in [7, 11) is 0. The molecular weight excluding hydrogens is 320 g/mol. The lowest BCUT2D eigenvalue weighted by Crippen LogP contribution is -2.51. The third-order valence-electron chi connectivity index (χ3n) is 5.95. The zero-order valence-electron chi connectivity index (χ0n) is 15.2. The fraction of sp³-hybridized carbons (Fsp3) is 0.842. The third kappa shape index (κ3) is 3.98. The molecule has 6 nitrogen and oxygen atoms in total. The molecule has 0 spiro atoms. The normalized spacial score (nSPS) is 25.4. The van der Waals surface area contributed by atoms with Gasteiger partial charge in [-0.05, 0) is 45.4 Å². The summed E-state index contributed by atoms with van der Waals surface area (Å²) in [6.07, 6.45) is 7.21. The molecule has 0 aromatic rings. The van der Waals surface area contributed by atoms with Crippen LogP contribution in [0.4, 0.5) is 0 Å². The van der Waals surface area contributed by atoms with Gasteiger partial charge in [-0.15, -0.1) is 0 Å². The van der Waals surface area contributed by atoms with Crippen LogP contribution in [0.5, 0.6) is 0 Å². The number of carbonyl (C=O) groups is 3. The fourth-order valence-corrected chi connectivity index (χ4v) is 4.50. The lowest BCUT2D eigenvalue weighted by molar-refractivity contribution is -0.152. The summed E-state index contributed by atoms with van der Waals surface area (Å²) in [5, 5.41) is 0. The Morgan fingerprint density at radius 1 is 0.840 bits per heavy atom. The van der Waals surface area contributed by atoms with Crippen LogP contribution in [0.15, 0.2) is 0 Å². The van der Waals surface area contributed by atoms with Crippen LogP contribution < -0.4 is 0 Å². The number of hydrogen-bond donors (Lipinski definition) is 0. The van der Waals surface area contributed by atoms with Gasteiger partial charge < -0.3 is 14.5 Å². The van der Waals surface area contributed by atoms with Crippen LogP contribution in [0.3, 0.4) is 0 Å². The van der Waals surface area contributed by atoms with Crippen molar-refractivity contribution < 1.29 is 19.1 Å². The summed E-state index contributed by atoms with van der Waals surface area (Å²) in [5.41, 5.74) is 0. The Morgan fingerprint density at radius 2 is 1.52 bits per heavy atom. The van der Waals surface area contributed by atoms with Crippen LogP contribution in [0.25, 0.3) is 0 Å². The summed E-state index contributed by atoms with van der Waals surface area (Å²) >= 11 is 0. The van der Waals surface area contributed by atoms with Crippen molar-refractivity contribution >= 4 is 17.8 Å². The highest BCUT2D eigenvalue weighted by molar-refractivity contribution is 5.89. The molecule has 3 fully saturated rings. The molecule has 1 unspecified atom stereocenters. The van der Waals surface area contributed by atoms with Crippen LogP contribution in [0.1, 0.15) is 58.3 Å². The topological polar surface area (TPSA) is 66.9 Å². The number of ether oxygens (including phenoxy) is 1. The first kappa shape index (κ1) is 18.2. The smallest absolute Gasteiger partial charge is 0.309 e. The molecule has 3 rings (SSSR count). The number of likely N-dealkylation sites (tertiary alicyclic amines) is 2. The van der Waals surface area contributed by atoms with E-state index in [4.69, 9.17) is 4.74 Å². The summed E-state index contributed by atoms with van der Waals surface area (Å²) < 4.78 is 5.09. The van der Waals surface area contributed by atoms with Crippen LogP contribution >= 0.6 is 0 Å². The maximum atomic E-state index is 12.9. The highest BCUT2D eigenvalue weighted by atomic mass is 16.5. The average Bonchev–Trinajstić information content (AvgIpc) is 3.32. The minimum atomic E-state index is -0.285. The van der Waals surface area contributed by atoms with Crippen molar-refractivity contribution in [2.45, 2.75) is 64.3 Å². The van der Waals surface area contributed by atoms with Crippen LogP contribution in [0.2, 0.25) is 0 Å². The fourth-order valence-electron chi connectivity index (χ4n) is 4.50. The number of nitrogens with zero attached hydrogens (tertiary/aromatic N) is 2. The Labute approximate surface area is 149 Å². The van der Waals surface area contributed by atoms with E-state index in [1.165, 1.54) is 0 Å². The first-order valence-corrected chi connectivity index (χ1v) is 9.87. The zero-order valence-corrected chi connectivity index (χ0v) is 15.2. The van der Waals surface area contributed by atoms with Gasteiger partial charge in [-0.2, -0.15) is 0 Å². The molecule has 25 heavy (non-hydrogen) atoms. The van der Waals surface area contributed by atoms with E-state index in [-0.39, 0.29) is 35.7 Å². The van der Waals surface area contributed by atoms with E-state index in [0.29, 0.717) is 39.1 Å². The van der Waals surface area contributed by atoms with Gasteiger partial charge in [0.1, 0.15) is 6.04 Å². The summed E-state index contributed by atoms with van der Waals surface area (Å²) in [4.78, 5) is 41.2. The van der Waals surface area contributed by atoms with E-state index in [0.717, 1.165) is 38.5 Å². The molecule has 0 aromatic heterocycles. The molecule has 0 aromatic carbocycles. The number of hydrogen-bond acceptors (Lipinski definition) is 4. The van der Waals surface area contributed by atoms with Crippen LogP contribution in [-0.4, -0.2) is 59.9 Å². The maximum Gasteiger partial charge on any atom is 0.309 e. The van der Waals surface area contributed by atoms with Gasteiger partial charge in [-0.25, -0.2) is 0 Å². The lowest BCUT2D eigenvalue weighted by Gasteiger charge is -2.35. The molecule has 0 radical (unpaired) electrons. The van der Waals surface area contributed by atoms with Crippen molar-refractivity contribution in [3.63, 3.8) is 0 Å². The molecule has 1 saturated carbocycles. The molecule has 1 atom stereocenters. The SMILES string of the molecule is CCOC(=O)C1CCN(C(=O)C2CCCN2C(=O)C2CCCC2)CC1. The Balaban J connectivity index is 1.55. The number of carbonyl (C=O) groups excluding carboxylic acids is 3. The zero-order chi connectivity index (χ0) is 17.8. The molecule has 0 bridgehead atoms. The largest absolute Gasteiger partial charge is 0.466 e. The number of amides is 2. The van der Waals surface area contributed by atoms with Gasteiger partial charge in [0, 0.05) is 25.6 Å². The van der Waals surface area contributed by atoms with Crippen LogP contribution in [0, 0.1) is 11.8 Å². The number of esters is 1. The van der Waals surface area contributed by atoms with Crippen molar-refractivity contribution in [2.75, 3.05) is 26.2 Å². The van der Waals surface area contributed by atoms with E-state index in [1.54, 1.807) is 0 Å². The Bertz CT molecular complexity index is 508. The standard InChI is InChI=1S/C19H30N2O4/c1-2-25-19(24)15-9-12-20(13-10-15)18(23)16-8-5-11-21(16)17(22)14-6-3-4-7-14/h14-16H,2-13H2,1H3. The minimum absolute atomic E-state index is 0.0751. The first-order valence-electron chi connectivity index (χ1n) is 9.87. The van der Waals surface area contributed by atoms with Crippen molar-refractivity contribution in [2.24, 2.45) is 11.8 Å². The predicted molar refractivity (Wildman–Crippen MR) is 92.6 cm³/mol. The second kappa shape index (κ2) is 8.19. The van der Waals surface area contributed by atoms with Gasteiger partial charge in [-0.3, -0.25) is 14.4 Å². The predicted octanol–water partition coefficient (Wildman–Crippen LogP) is 1.97. The van der Waals surface area contributed by atoms with E-state index in [2.05, 4.69) is 0 Å². The summed E-state index contributed by atoms with van der Waals surface area (Å²) in [6, 6.07) is -0.285. The molecule has 140 valence electrons. The maximum absolute atomic E-state index is 12.9. The molecule has 3 aliphatic rings. The highest BCUT2D eigenvalue weighted by Crippen LogP contribution is 2.31. The Hall–Kier alpha value is -1.59. The molecular formula is C19H30N2O4. The summed E-state index contributed by atoms with van der Waals surface area (Å²) in [5.74, 6) is 0.154. The van der Waals surface area contributed by atoms with E-state index >= 15 is 0 Å².